The number of aromatic nitrogens is 2. The maximum atomic E-state index is 12.8. The van der Waals surface area contributed by atoms with Crippen molar-refractivity contribution in [2.75, 3.05) is 5.32 Å². The molecule has 7 heteroatoms. The Balaban J connectivity index is 1.44. The predicted octanol–water partition coefficient (Wildman–Crippen LogP) is 4.44. The molecule has 1 atom stereocenters. The van der Waals surface area contributed by atoms with Crippen LogP contribution < -0.4 is 11.1 Å². The van der Waals surface area contributed by atoms with Crippen LogP contribution in [0.4, 0.5) is 5.69 Å². The molecule has 156 valence electrons. The minimum Gasteiger partial charge on any atom is -0.364 e. The number of aryl methyl sites for hydroxylation is 1. The summed E-state index contributed by atoms with van der Waals surface area (Å²) in [5, 5.41) is 7.11. The third kappa shape index (κ3) is 4.16. The van der Waals surface area contributed by atoms with Gasteiger partial charge in [0.1, 0.15) is 5.69 Å². The van der Waals surface area contributed by atoms with Gasteiger partial charge in [0.05, 0.1) is 10.6 Å². The second-order valence-corrected chi connectivity index (χ2v) is 10.0. The first-order valence-corrected chi connectivity index (χ1v) is 10.9. The van der Waals surface area contributed by atoms with Crippen molar-refractivity contribution in [2.45, 2.75) is 40.0 Å². The average molecular weight is 423 g/mol. The Kier molecular flexibility index (Phi) is 5.24. The average Bonchev–Trinajstić information content (AvgIpc) is 3.34. The number of anilines is 1. The molecule has 1 aliphatic carbocycles. The van der Waals surface area contributed by atoms with Gasteiger partial charge in [-0.05, 0) is 72.6 Å². The largest absolute Gasteiger partial charge is 0.364 e. The summed E-state index contributed by atoms with van der Waals surface area (Å²) in [5.41, 5.74) is 8.56. The van der Waals surface area contributed by atoms with Crippen LogP contribution in [0.2, 0.25) is 0 Å². The van der Waals surface area contributed by atoms with Gasteiger partial charge >= 0.3 is 0 Å². The van der Waals surface area contributed by atoms with E-state index in [4.69, 9.17) is 5.73 Å². The van der Waals surface area contributed by atoms with Crippen molar-refractivity contribution in [2.24, 2.45) is 17.1 Å². The Labute approximate surface area is 180 Å². The Morgan fingerprint density at radius 1 is 1.20 bits per heavy atom. The van der Waals surface area contributed by atoms with Gasteiger partial charge in [0.25, 0.3) is 11.8 Å². The third-order valence-electron chi connectivity index (χ3n) is 5.76. The molecule has 2 amide bonds. The van der Waals surface area contributed by atoms with Crippen LogP contribution in [-0.4, -0.2) is 21.6 Å². The molecule has 0 fully saturated rings. The normalized spacial score (nSPS) is 16.2. The first-order valence-electron chi connectivity index (χ1n) is 10.1. The molecule has 4 rings (SSSR count). The molecule has 3 N–H and O–H groups in total. The molecule has 0 saturated carbocycles. The molecule has 3 aromatic rings. The van der Waals surface area contributed by atoms with Gasteiger partial charge in [-0.1, -0.05) is 20.8 Å². The number of hydrogen-bond acceptors (Lipinski definition) is 4. The maximum Gasteiger partial charge on any atom is 0.269 e. The van der Waals surface area contributed by atoms with Gasteiger partial charge in [0, 0.05) is 16.8 Å². The zero-order valence-electron chi connectivity index (χ0n) is 17.4. The van der Waals surface area contributed by atoms with Gasteiger partial charge in [-0.25, -0.2) is 4.68 Å². The van der Waals surface area contributed by atoms with Crippen LogP contribution in [0.25, 0.3) is 5.69 Å². The van der Waals surface area contributed by atoms with Gasteiger partial charge in [-0.15, -0.1) is 11.3 Å². The zero-order valence-corrected chi connectivity index (χ0v) is 18.3. The standard InChI is InChI=1S/C23H26N4O2S/c1-23(2,3)15-4-9-19-14(12-15)13-20(30-19)22(29)25-16-5-7-17(8-6-16)27-11-10-18(26-27)21(24)28/h5-8,10-11,13,15H,4,9,12H2,1-3H3,(H2,24,28)(H,25,29). The molecular formula is C23H26N4O2S. The number of nitrogens with two attached hydrogens (primary N) is 1. The number of nitrogens with zero attached hydrogens (tertiary/aromatic N) is 2. The smallest absolute Gasteiger partial charge is 0.269 e. The maximum absolute atomic E-state index is 12.8. The molecule has 0 bridgehead atoms. The molecule has 0 spiro atoms. The SMILES string of the molecule is CC(C)(C)C1CCc2sc(C(=O)Nc3ccc(-n4ccc(C(N)=O)n4)cc3)cc2C1. The number of amides is 2. The number of primary amides is 1. The monoisotopic (exact) mass is 422 g/mol. The summed E-state index contributed by atoms with van der Waals surface area (Å²) in [7, 11) is 0. The molecule has 0 saturated heterocycles. The molecule has 2 heterocycles. The van der Waals surface area contributed by atoms with Crippen LogP contribution >= 0.6 is 11.3 Å². The highest BCUT2D eigenvalue weighted by Gasteiger charge is 2.30. The van der Waals surface area contributed by atoms with E-state index in [2.05, 4.69) is 37.3 Å². The number of carbonyl (C=O) groups is 2. The topological polar surface area (TPSA) is 90.0 Å². The summed E-state index contributed by atoms with van der Waals surface area (Å²) in [5.74, 6) is 0.00935. The number of thiophene rings is 1. The molecule has 6 nitrogen and oxygen atoms in total. The van der Waals surface area contributed by atoms with Crippen LogP contribution in [0.1, 0.15) is 57.8 Å². The lowest BCUT2D eigenvalue weighted by atomic mass is 9.72. The molecular weight excluding hydrogens is 396 g/mol. The second kappa shape index (κ2) is 7.72. The van der Waals surface area contributed by atoms with Crippen LogP contribution in [0.3, 0.4) is 0 Å². The summed E-state index contributed by atoms with van der Waals surface area (Å²) in [6.07, 6.45) is 4.97. The molecule has 1 aliphatic rings. The van der Waals surface area contributed by atoms with E-state index >= 15 is 0 Å². The number of hydrogen-bond donors (Lipinski definition) is 2. The van der Waals surface area contributed by atoms with E-state index in [0.717, 1.165) is 23.4 Å². The van der Waals surface area contributed by atoms with Gasteiger partial charge in [0.15, 0.2) is 0 Å². The highest BCUT2D eigenvalue weighted by atomic mass is 32.1. The predicted molar refractivity (Wildman–Crippen MR) is 119 cm³/mol. The molecule has 2 aromatic heterocycles. The lowest BCUT2D eigenvalue weighted by molar-refractivity contribution is 0.0993. The Hall–Kier alpha value is -2.93. The van der Waals surface area contributed by atoms with Crippen molar-refractivity contribution in [1.82, 2.24) is 9.78 Å². The van der Waals surface area contributed by atoms with E-state index in [1.54, 1.807) is 28.3 Å². The quantitative estimate of drug-likeness (QED) is 0.651. The van der Waals surface area contributed by atoms with Gasteiger partial charge in [0.2, 0.25) is 0 Å². The van der Waals surface area contributed by atoms with Gasteiger partial charge in [-0.2, -0.15) is 5.10 Å². The Morgan fingerprint density at radius 3 is 2.57 bits per heavy atom. The van der Waals surface area contributed by atoms with E-state index in [1.165, 1.54) is 16.9 Å². The highest BCUT2D eigenvalue weighted by molar-refractivity contribution is 7.14. The number of carbonyl (C=O) groups excluding carboxylic acids is 2. The van der Waals surface area contributed by atoms with E-state index < -0.39 is 5.91 Å². The number of benzene rings is 1. The molecule has 1 aromatic carbocycles. The number of rotatable bonds is 4. The van der Waals surface area contributed by atoms with Gasteiger partial charge in [-0.3, -0.25) is 9.59 Å². The van der Waals surface area contributed by atoms with E-state index in [1.807, 2.05) is 24.3 Å². The van der Waals surface area contributed by atoms with E-state index in [9.17, 15) is 9.59 Å². The zero-order chi connectivity index (χ0) is 21.5. The lowest BCUT2D eigenvalue weighted by Gasteiger charge is -2.33. The van der Waals surface area contributed by atoms with E-state index in [0.29, 0.717) is 11.6 Å². The fraction of sp³-hybridized carbons (Fsp3) is 0.348. The fourth-order valence-electron chi connectivity index (χ4n) is 3.86. The van der Waals surface area contributed by atoms with Crippen molar-refractivity contribution in [3.8, 4) is 5.69 Å². The second-order valence-electron chi connectivity index (χ2n) is 8.88. The summed E-state index contributed by atoms with van der Waals surface area (Å²) in [6, 6.07) is 10.9. The molecule has 30 heavy (non-hydrogen) atoms. The van der Waals surface area contributed by atoms with E-state index in [-0.39, 0.29) is 17.0 Å². The molecule has 1 unspecified atom stereocenters. The molecule has 0 radical (unpaired) electrons. The Bertz CT molecular complexity index is 1090. The van der Waals surface area contributed by atoms with Crippen LogP contribution in [0.5, 0.6) is 0 Å². The lowest BCUT2D eigenvalue weighted by Crippen LogP contribution is -2.26. The first-order chi connectivity index (χ1) is 14.2. The van der Waals surface area contributed by atoms with Crippen molar-refractivity contribution in [1.29, 1.82) is 0 Å². The van der Waals surface area contributed by atoms with Crippen LogP contribution in [-0.2, 0) is 12.8 Å². The molecule has 0 aliphatic heterocycles. The number of nitrogens with one attached hydrogen (secondary N) is 1. The fourth-order valence-corrected chi connectivity index (χ4v) is 4.97. The number of fused-ring (bicyclic) bond motifs is 1. The summed E-state index contributed by atoms with van der Waals surface area (Å²) >= 11 is 1.61. The summed E-state index contributed by atoms with van der Waals surface area (Å²) in [4.78, 5) is 26.1. The van der Waals surface area contributed by atoms with Crippen LogP contribution in [0.15, 0.2) is 42.6 Å². The van der Waals surface area contributed by atoms with Crippen molar-refractivity contribution < 1.29 is 9.59 Å². The van der Waals surface area contributed by atoms with Crippen molar-refractivity contribution >= 4 is 28.8 Å². The van der Waals surface area contributed by atoms with Crippen molar-refractivity contribution in [3.63, 3.8) is 0 Å². The minimum atomic E-state index is -0.565. The summed E-state index contributed by atoms with van der Waals surface area (Å²) in [6.45, 7) is 6.89. The highest BCUT2D eigenvalue weighted by Crippen LogP contribution is 2.40. The Morgan fingerprint density at radius 2 is 1.93 bits per heavy atom. The van der Waals surface area contributed by atoms with Crippen molar-refractivity contribution in [3.05, 3.63) is 63.6 Å². The minimum absolute atomic E-state index is 0.0791. The summed E-state index contributed by atoms with van der Waals surface area (Å²) < 4.78 is 1.57. The van der Waals surface area contributed by atoms with Crippen LogP contribution in [0, 0.1) is 11.3 Å². The van der Waals surface area contributed by atoms with Gasteiger partial charge < -0.3 is 11.1 Å². The third-order valence-corrected chi connectivity index (χ3v) is 7.00. The first kappa shape index (κ1) is 20.3.